The van der Waals surface area contributed by atoms with Gasteiger partial charge in [-0.15, -0.1) is 0 Å². The predicted molar refractivity (Wildman–Crippen MR) is 65.1 cm³/mol. The SMILES string of the molecule is CC(=O)N(CC(C)C(=O)O)C(CC(C)C)C(=O)O. The topological polar surface area (TPSA) is 94.9 Å². The number of carboxylic acids is 2. The maximum atomic E-state index is 11.5. The zero-order valence-corrected chi connectivity index (χ0v) is 11.2. The third-order valence-electron chi connectivity index (χ3n) is 2.65. The summed E-state index contributed by atoms with van der Waals surface area (Å²) in [6, 6.07) is -0.968. The fourth-order valence-corrected chi connectivity index (χ4v) is 1.66. The van der Waals surface area contributed by atoms with Crippen molar-refractivity contribution < 1.29 is 24.6 Å². The van der Waals surface area contributed by atoms with Crippen LogP contribution in [-0.4, -0.2) is 45.5 Å². The van der Waals surface area contributed by atoms with Crippen LogP contribution in [0.15, 0.2) is 0 Å². The van der Waals surface area contributed by atoms with Gasteiger partial charge in [-0.05, 0) is 12.3 Å². The van der Waals surface area contributed by atoms with Crippen molar-refractivity contribution in [3.63, 3.8) is 0 Å². The van der Waals surface area contributed by atoms with E-state index >= 15 is 0 Å². The minimum atomic E-state index is -1.10. The molecule has 0 heterocycles. The standard InChI is InChI=1S/C12H21NO5/c1-7(2)5-10(12(17)18)13(9(4)14)6-8(3)11(15)16/h7-8,10H,5-6H2,1-4H3,(H,15,16)(H,17,18). The Bertz CT molecular complexity index is 326. The van der Waals surface area contributed by atoms with E-state index in [2.05, 4.69) is 0 Å². The average molecular weight is 259 g/mol. The molecule has 6 heteroatoms. The first-order valence-corrected chi connectivity index (χ1v) is 5.89. The Balaban J connectivity index is 4.98. The fourth-order valence-electron chi connectivity index (χ4n) is 1.66. The zero-order chi connectivity index (χ0) is 14.5. The fraction of sp³-hybridized carbons (Fsp3) is 0.750. The first-order valence-electron chi connectivity index (χ1n) is 5.89. The number of carbonyl (C=O) groups is 3. The average Bonchev–Trinajstić information content (AvgIpc) is 2.21. The molecule has 0 radical (unpaired) electrons. The summed E-state index contributed by atoms with van der Waals surface area (Å²) >= 11 is 0. The van der Waals surface area contributed by atoms with Gasteiger partial charge in [0.15, 0.2) is 0 Å². The van der Waals surface area contributed by atoms with E-state index in [1.807, 2.05) is 13.8 Å². The number of hydrogen-bond acceptors (Lipinski definition) is 3. The van der Waals surface area contributed by atoms with E-state index in [1.54, 1.807) is 0 Å². The van der Waals surface area contributed by atoms with Gasteiger partial charge < -0.3 is 15.1 Å². The van der Waals surface area contributed by atoms with E-state index in [1.165, 1.54) is 13.8 Å². The van der Waals surface area contributed by atoms with Crippen LogP contribution in [0.25, 0.3) is 0 Å². The van der Waals surface area contributed by atoms with Gasteiger partial charge in [-0.3, -0.25) is 9.59 Å². The largest absolute Gasteiger partial charge is 0.481 e. The lowest BCUT2D eigenvalue weighted by molar-refractivity contribution is -0.153. The Kier molecular flexibility index (Phi) is 6.36. The molecule has 0 aliphatic heterocycles. The molecule has 0 aromatic carbocycles. The van der Waals surface area contributed by atoms with Gasteiger partial charge in [0.2, 0.25) is 5.91 Å². The molecule has 0 spiro atoms. The predicted octanol–water partition coefficient (Wildman–Crippen LogP) is 1.05. The van der Waals surface area contributed by atoms with E-state index in [0.29, 0.717) is 6.42 Å². The highest BCUT2D eigenvalue weighted by Gasteiger charge is 2.30. The highest BCUT2D eigenvalue weighted by atomic mass is 16.4. The van der Waals surface area contributed by atoms with Gasteiger partial charge in [-0.2, -0.15) is 0 Å². The molecule has 0 saturated carbocycles. The lowest BCUT2D eigenvalue weighted by Crippen LogP contribution is -2.47. The van der Waals surface area contributed by atoms with E-state index in [4.69, 9.17) is 10.2 Å². The molecule has 2 atom stereocenters. The van der Waals surface area contributed by atoms with Crippen molar-refractivity contribution in [2.75, 3.05) is 6.54 Å². The summed E-state index contributed by atoms with van der Waals surface area (Å²) in [6.45, 7) is 6.33. The quantitative estimate of drug-likeness (QED) is 0.712. The third-order valence-corrected chi connectivity index (χ3v) is 2.65. The van der Waals surface area contributed by atoms with E-state index in [-0.39, 0.29) is 12.5 Å². The summed E-state index contributed by atoms with van der Waals surface area (Å²) in [7, 11) is 0. The number of carboxylic acid groups (broad SMARTS) is 2. The highest BCUT2D eigenvalue weighted by Crippen LogP contribution is 2.14. The third kappa shape index (κ3) is 5.16. The van der Waals surface area contributed by atoms with Gasteiger partial charge in [0.05, 0.1) is 5.92 Å². The van der Waals surface area contributed by atoms with Crippen LogP contribution in [0.4, 0.5) is 0 Å². The molecular weight excluding hydrogens is 238 g/mol. The van der Waals surface area contributed by atoms with Crippen molar-refractivity contribution in [1.29, 1.82) is 0 Å². The van der Waals surface area contributed by atoms with Crippen LogP contribution in [0.2, 0.25) is 0 Å². The first kappa shape index (κ1) is 16.4. The molecule has 0 aliphatic carbocycles. The van der Waals surface area contributed by atoms with Gasteiger partial charge in [-0.1, -0.05) is 20.8 Å². The van der Waals surface area contributed by atoms with Crippen LogP contribution in [0.3, 0.4) is 0 Å². The Morgan fingerprint density at radius 3 is 1.83 bits per heavy atom. The molecule has 0 aliphatic rings. The summed E-state index contributed by atoms with van der Waals surface area (Å²) in [5.41, 5.74) is 0. The van der Waals surface area contributed by atoms with Gasteiger partial charge >= 0.3 is 11.9 Å². The second-order valence-electron chi connectivity index (χ2n) is 4.89. The van der Waals surface area contributed by atoms with Crippen molar-refractivity contribution >= 4 is 17.8 Å². The Hall–Kier alpha value is -1.59. The van der Waals surface area contributed by atoms with Crippen molar-refractivity contribution in [3.05, 3.63) is 0 Å². The number of nitrogens with zero attached hydrogens (tertiary/aromatic N) is 1. The molecule has 18 heavy (non-hydrogen) atoms. The van der Waals surface area contributed by atoms with Crippen molar-refractivity contribution in [2.24, 2.45) is 11.8 Å². The van der Waals surface area contributed by atoms with Gasteiger partial charge in [0.1, 0.15) is 6.04 Å². The second-order valence-corrected chi connectivity index (χ2v) is 4.89. The minimum absolute atomic E-state index is 0.0889. The Labute approximate surface area is 107 Å². The van der Waals surface area contributed by atoms with Crippen LogP contribution in [0.1, 0.15) is 34.1 Å². The summed E-state index contributed by atoms with van der Waals surface area (Å²) in [6.07, 6.45) is 0.307. The number of rotatable bonds is 7. The lowest BCUT2D eigenvalue weighted by atomic mass is 10.0. The molecule has 0 aromatic heterocycles. The van der Waals surface area contributed by atoms with Gasteiger partial charge in [-0.25, -0.2) is 4.79 Å². The Morgan fingerprint density at radius 2 is 1.56 bits per heavy atom. The maximum absolute atomic E-state index is 11.5. The second kappa shape index (κ2) is 6.98. The normalized spacial score (nSPS) is 14.1. The summed E-state index contributed by atoms with van der Waals surface area (Å²) in [4.78, 5) is 34.6. The molecule has 0 aromatic rings. The minimum Gasteiger partial charge on any atom is -0.481 e. The van der Waals surface area contributed by atoms with Crippen LogP contribution in [0.5, 0.6) is 0 Å². The van der Waals surface area contributed by atoms with Crippen LogP contribution in [-0.2, 0) is 14.4 Å². The molecule has 6 nitrogen and oxygen atoms in total. The summed E-state index contributed by atoms with van der Waals surface area (Å²) in [5, 5.41) is 18.0. The maximum Gasteiger partial charge on any atom is 0.326 e. The first-order chi connectivity index (χ1) is 8.16. The number of aliphatic carboxylic acids is 2. The molecule has 2 N–H and O–H groups in total. The smallest absolute Gasteiger partial charge is 0.326 e. The molecule has 0 bridgehead atoms. The number of hydrogen-bond donors (Lipinski definition) is 2. The van der Waals surface area contributed by atoms with Crippen molar-refractivity contribution in [3.8, 4) is 0 Å². The zero-order valence-electron chi connectivity index (χ0n) is 11.2. The molecule has 0 fully saturated rings. The summed E-state index contributed by atoms with van der Waals surface area (Å²) in [5.74, 6) is -3.25. The van der Waals surface area contributed by atoms with E-state index in [9.17, 15) is 14.4 Å². The van der Waals surface area contributed by atoms with Crippen LogP contribution < -0.4 is 0 Å². The summed E-state index contributed by atoms with van der Waals surface area (Å²) < 4.78 is 0. The van der Waals surface area contributed by atoms with Crippen LogP contribution >= 0.6 is 0 Å². The van der Waals surface area contributed by atoms with E-state index < -0.39 is 29.8 Å². The molecular formula is C12H21NO5. The van der Waals surface area contributed by atoms with Crippen LogP contribution in [0, 0.1) is 11.8 Å². The lowest BCUT2D eigenvalue weighted by Gasteiger charge is -2.30. The molecule has 0 rings (SSSR count). The molecule has 104 valence electrons. The monoisotopic (exact) mass is 259 g/mol. The highest BCUT2D eigenvalue weighted by molar-refractivity contribution is 5.82. The van der Waals surface area contributed by atoms with Crippen molar-refractivity contribution in [2.45, 2.75) is 40.2 Å². The molecule has 1 amide bonds. The Morgan fingerprint density at radius 1 is 1.06 bits per heavy atom. The van der Waals surface area contributed by atoms with Gasteiger partial charge in [0, 0.05) is 13.5 Å². The molecule has 0 saturated heterocycles. The van der Waals surface area contributed by atoms with Crippen molar-refractivity contribution in [1.82, 2.24) is 4.90 Å². The molecule has 2 unspecified atom stereocenters. The number of carbonyl (C=O) groups excluding carboxylic acids is 1. The number of amides is 1. The van der Waals surface area contributed by atoms with Gasteiger partial charge in [0.25, 0.3) is 0 Å². The van der Waals surface area contributed by atoms with E-state index in [0.717, 1.165) is 4.90 Å².